The number of carbonyl (C=O) groups excluding carboxylic acids is 1. The van der Waals surface area contributed by atoms with Crippen molar-refractivity contribution in [1.82, 2.24) is 4.98 Å². The molecule has 0 bridgehead atoms. The number of carbonyl (C=O) groups is 1. The number of hydrogen-bond acceptors (Lipinski definition) is 3. The van der Waals surface area contributed by atoms with Gasteiger partial charge in [0.05, 0.1) is 0 Å². The number of primary amides is 1. The maximum atomic E-state index is 11.8. The lowest BCUT2D eigenvalue weighted by atomic mass is 10.3. The van der Waals surface area contributed by atoms with Gasteiger partial charge in [-0.3, -0.25) is 4.79 Å². The number of rotatable bonds is 2. The van der Waals surface area contributed by atoms with Crippen LogP contribution < -0.4 is 10.5 Å². The highest BCUT2D eigenvalue weighted by Gasteiger charge is 2.32. The number of amides is 1. The van der Waals surface area contributed by atoms with E-state index in [9.17, 15) is 18.0 Å². The van der Waals surface area contributed by atoms with Gasteiger partial charge in [-0.2, -0.15) is 0 Å². The van der Waals surface area contributed by atoms with E-state index < -0.39 is 18.0 Å². The number of pyridine rings is 1. The van der Waals surface area contributed by atoms with Crippen molar-refractivity contribution >= 4 is 21.8 Å². The molecule has 1 rings (SSSR count). The van der Waals surface area contributed by atoms with Crippen LogP contribution in [0.25, 0.3) is 0 Å². The predicted molar refractivity (Wildman–Crippen MR) is 47.1 cm³/mol. The van der Waals surface area contributed by atoms with Crippen LogP contribution in [0, 0.1) is 0 Å². The Morgan fingerprint density at radius 2 is 2.07 bits per heavy atom. The average Bonchev–Trinajstić information content (AvgIpc) is 2.05. The zero-order valence-corrected chi connectivity index (χ0v) is 8.59. The summed E-state index contributed by atoms with van der Waals surface area (Å²) in [5, 5.41) is 0. The van der Waals surface area contributed by atoms with E-state index in [1.54, 1.807) is 0 Å². The third kappa shape index (κ3) is 3.39. The summed E-state index contributed by atoms with van der Waals surface area (Å²) in [6, 6.07) is 1.98. The quantitative estimate of drug-likeness (QED) is 0.843. The Morgan fingerprint density at radius 3 is 2.47 bits per heavy atom. The summed E-state index contributed by atoms with van der Waals surface area (Å²) < 4.78 is 38.8. The van der Waals surface area contributed by atoms with Crippen LogP contribution in [0.2, 0.25) is 0 Å². The minimum Gasteiger partial charge on any atom is -0.403 e. The monoisotopic (exact) mass is 284 g/mol. The van der Waals surface area contributed by atoms with E-state index in [4.69, 9.17) is 5.73 Å². The Labute approximate surface area is 90.4 Å². The zero-order chi connectivity index (χ0) is 11.6. The molecule has 0 unspecified atom stereocenters. The van der Waals surface area contributed by atoms with E-state index in [2.05, 4.69) is 25.7 Å². The van der Waals surface area contributed by atoms with Crippen LogP contribution in [0.3, 0.4) is 0 Å². The maximum absolute atomic E-state index is 11.8. The molecular formula is C7H4BrF3N2O2. The second kappa shape index (κ2) is 4.05. The molecule has 2 N–H and O–H groups in total. The molecule has 0 aliphatic carbocycles. The molecule has 0 aliphatic heterocycles. The lowest BCUT2D eigenvalue weighted by Crippen LogP contribution is -2.18. The molecule has 15 heavy (non-hydrogen) atoms. The fourth-order valence-electron chi connectivity index (χ4n) is 0.760. The Hall–Kier alpha value is -1.31. The third-order valence-corrected chi connectivity index (χ3v) is 1.86. The summed E-state index contributed by atoms with van der Waals surface area (Å²) in [6.45, 7) is 0. The lowest BCUT2D eigenvalue weighted by Gasteiger charge is -2.09. The summed E-state index contributed by atoms with van der Waals surface area (Å²) in [6.07, 6.45) is -4.81. The van der Waals surface area contributed by atoms with Gasteiger partial charge in [0, 0.05) is 0 Å². The molecule has 0 fully saturated rings. The number of hydrogen-bond donors (Lipinski definition) is 1. The van der Waals surface area contributed by atoms with E-state index in [1.807, 2.05) is 0 Å². The minimum atomic E-state index is -4.81. The zero-order valence-electron chi connectivity index (χ0n) is 7.01. The number of ether oxygens (including phenoxy) is 1. The van der Waals surface area contributed by atoms with E-state index in [0.717, 1.165) is 12.1 Å². The Kier molecular flexibility index (Phi) is 3.18. The Bertz CT molecular complexity index is 394. The molecule has 1 aromatic heterocycles. The molecule has 1 heterocycles. The van der Waals surface area contributed by atoms with Gasteiger partial charge in [0.25, 0.3) is 5.91 Å². The molecule has 0 saturated carbocycles. The highest BCUT2D eigenvalue weighted by atomic mass is 79.9. The van der Waals surface area contributed by atoms with Crippen molar-refractivity contribution < 1.29 is 22.7 Å². The van der Waals surface area contributed by atoms with Gasteiger partial charge >= 0.3 is 6.36 Å². The highest BCUT2D eigenvalue weighted by Crippen LogP contribution is 2.28. The van der Waals surface area contributed by atoms with Gasteiger partial charge in [-0.25, -0.2) is 4.98 Å². The Balaban J connectivity index is 2.99. The van der Waals surface area contributed by atoms with Crippen molar-refractivity contribution in [3.05, 3.63) is 22.4 Å². The SMILES string of the molecule is NC(=O)c1ccc(OC(F)(F)F)c(Br)n1. The normalized spacial score (nSPS) is 11.2. The van der Waals surface area contributed by atoms with Crippen LogP contribution in [0.5, 0.6) is 5.75 Å². The summed E-state index contributed by atoms with van der Waals surface area (Å²) >= 11 is 2.72. The first-order chi connectivity index (χ1) is 6.79. The smallest absolute Gasteiger partial charge is 0.403 e. The number of nitrogens with two attached hydrogens (primary N) is 1. The second-order valence-corrected chi connectivity index (χ2v) is 3.15. The largest absolute Gasteiger partial charge is 0.573 e. The fraction of sp³-hybridized carbons (Fsp3) is 0.143. The van der Waals surface area contributed by atoms with Crippen LogP contribution in [-0.4, -0.2) is 17.3 Å². The van der Waals surface area contributed by atoms with Crippen LogP contribution in [0.1, 0.15) is 10.5 Å². The van der Waals surface area contributed by atoms with Crippen molar-refractivity contribution in [3.63, 3.8) is 0 Å². The predicted octanol–water partition coefficient (Wildman–Crippen LogP) is 1.84. The average molecular weight is 285 g/mol. The first-order valence-corrected chi connectivity index (χ1v) is 4.31. The summed E-state index contributed by atoms with van der Waals surface area (Å²) in [5.41, 5.74) is 4.72. The lowest BCUT2D eigenvalue weighted by molar-refractivity contribution is -0.275. The van der Waals surface area contributed by atoms with Crippen LogP contribution >= 0.6 is 15.9 Å². The van der Waals surface area contributed by atoms with E-state index >= 15 is 0 Å². The molecule has 1 aromatic rings. The van der Waals surface area contributed by atoms with Crippen molar-refractivity contribution in [3.8, 4) is 5.75 Å². The van der Waals surface area contributed by atoms with Gasteiger partial charge in [-0.1, -0.05) is 0 Å². The van der Waals surface area contributed by atoms with Crippen LogP contribution in [0.15, 0.2) is 16.7 Å². The molecule has 0 saturated heterocycles. The van der Waals surface area contributed by atoms with Crippen molar-refractivity contribution in [2.24, 2.45) is 5.73 Å². The molecule has 0 aromatic carbocycles. The topological polar surface area (TPSA) is 65.2 Å². The fourth-order valence-corrected chi connectivity index (χ4v) is 1.16. The standard InChI is InChI=1S/C7H4BrF3N2O2/c8-5-4(15-7(9,10)11)2-1-3(13-5)6(12)14/h1-2H,(H2,12,14). The number of aromatic nitrogens is 1. The second-order valence-electron chi connectivity index (χ2n) is 2.40. The van der Waals surface area contributed by atoms with E-state index in [1.165, 1.54) is 0 Å². The third-order valence-electron chi connectivity index (χ3n) is 1.29. The molecule has 1 amide bonds. The summed E-state index contributed by atoms with van der Waals surface area (Å²) in [7, 11) is 0. The molecule has 0 atom stereocenters. The maximum Gasteiger partial charge on any atom is 0.573 e. The molecular weight excluding hydrogens is 281 g/mol. The van der Waals surface area contributed by atoms with Crippen molar-refractivity contribution in [2.75, 3.05) is 0 Å². The summed E-state index contributed by atoms with van der Waals surface area (Å²) in [5.74, 6) is -1.37. The molecule has 4 nitrogen and oxygen atoms in total. The van der Waals surface area contributed by atoms with Gasteiger partial charge in [0.1, 0.15) is 10.3 Å². The highest BCUT2D eigenvalue weighted by molar-refractivity contribution is 9.10. The Morgan fingerprint density at radius 1 is 1.47 bits per heavy atom. The molecule has 0 spiro atoms. The molecule has 82 valence electrons. The number of halogens is 4. The number of alkyl halides is 3. The first-order valence-electron chi connectivity index (χ1n) is 3.51. The van der Waals surface area contributed by atoms with Gasteiger partial charge < -0.3 is 10.5 Å². The van der Waals surface area contributed by atoms with E-state index in [-0.39, 0.29) is 10.3 Å². The van der Waals surface area contributed by atoms with Crippen LogP contribution in [0.4, 0.5) is 13.2 Å². The molecule has 0 radical (unpaired) electrons. The van der Waals surface area contributed by atoms with Gasteiger partial charge in [-0.15, -0.1) is 13.2 Å². The van der Waals surface area contributed by atoms with Crippen molar-refractivity contribution in [2.45, 2.75) is 6.36 Å². The first kappa shape index (κ1) is 11.8. The van der Waals surface area contributed by atoms with Crippen molar-refractivity contribution in [1.29, 1.82) is 0 Å². The molecule has 8 heteroatoms. The van der Waals surface area contributed by atoms with Crippen LogP contribution in [-0.2, 0) is 0 Å². The van der Waals surface area contributed by atoms with Gasteiger partial charge in [0.2, 0.25) is 0 Å². The number of nitrogens with zero attached hydrogens (tertiary/aromatic N) is 1. The van der Waals surface area contributed by atoms with Gasteiger partial charge in [0.15, 0.2) is 5.75 Å². The van der Waals surface area contributed by atoms with E-state index in [0.29, 0.717) is 0 Å². The summed E-state index contributed by atoms with van der Waals surface area (Å²) in [4.78, 5) is 14.1. The van der Waals surface area contributed by atoms with Gasteiger partial charge in [-0.05, 0) is 28.1 Å². The molecule has 0 aliphatic rings. The minimum absolute atomic E-state index is 0.156.